The van der Waals surface area contributed by atoms with Crippen molar-refractivity contribution in [3.8, 4) is 5.75 Å². The molecule has 2 saturated heterocycles. The van der Waals surface area contributed by atoms with Gasteiger partial charge in [0.05, 0.1) is 23.8 Å². The topological polar surface area (TPSA) is 76.1 Å². The number of ketones is 1. The van der Waals surface area contributed by atoms with Gasteiger partial charge in [0.2, 0.25) is 0 Å². The van der Waals surface area contributed by atoms with Gasteiger partial charge in [0.1, 0.15) is 11.5 Å². The lowest BCUT2D eigenvalue weighted by Gasteiger charge is -2.27. The van der Waals surface area contributed by atoms with E-state index in [1.54, 1.807) is 29.2 Å². The molecule has 0 bridgehead atoms. The molecule has 0 spiro atoms. The zero-order chi connectivity index (χ0) is 24.4. The molecule has 2 aromatic carbocycles. The number of likely N-dealkylation sites (tertiary alicyclic amines) is 1. The first-order chi connectivity index (χ1) is 16.3. The SMILES string of the molecule is CC(C)Oc1cccc(/C(O)=C2/C(=O)C(=O)N(CC3CCCO3)C2c2ccc(C(C)C)cc2)c1. The molecule has 2 fully saturated rings. The van der Waals surface area contributed by atoms with Gasteiger partial charge in [-0.3, -0.25) is 9.59 Å². The molecule has 0 aromatic heterocycles. The fraction of sp³-hybridized carbons (Fsp3) is 0.429. The number of hydrogen-bond acceptors (Lipinski definition) is 5. The van der Waals surface area contributed by atoms with Crippen molar-refractivity contribution < 1.29 is 24.2 Å². The Hall–Kier alpha value is -3.12. The number of amides is 1. The first-order valence-electron chi connectivity index (χ1n) is 12.0. The second kappa shape index (κ2) is 10.0. The fourth-order valence-electron chi connectivity index (χ4n) is 4.63. The van der Waals surface area contributed by atoms with Gasteiger partial charge in [0.25, 0.3) is 11.7 Å². The second-order valence-corrected chi connectivity index (χ2v) is 9.60. The van der Waals surface area contributed by atoms with Crippen molar-refractivity contribution in [1.82, 2.24) is 4.90 Å². The van der Waals surface area contributed by atoms with Crippen molar-refractivity contribution in [2.45, 2.75) is 64.7 Å². The van der Waals surface area contributed by atoms with Crippen LogP contribution in [0, 0.1) is 0 Å². The minimum absolute atomic E-state index is 0.0335. The molecule has 0 aliphatic carbocycles. The fourth-order valence-corrected chi connectivity index (χ4v) is 4.63. The summed E-state index contributed by atoms with van der Waals surface area (Å²) in [5.74, 6) is -0.532. The number of nitrogens with zero attached hydrogens (tertiary/aromatic N) is 1. The average molecular weight is 464 g/mol. The van der Waals surface area contributed by atoms with Gasteiger partial charge in [-0.15, -0.1) is 0 Å². The Kier molecular flexibility index (Phi) is 7.08. The van der Waals surface area contributed by atoms with Crippen molar-refractivity contribution in [2.24, 2.45) is 0 Å². The lowest BCUT2D eigenvalue weighted by Crippen LogP contribution is -2.36. The van der Waals surface area contributed by atoms with Gasteiger partial charge < -0.3 is 19.5 Å². The maximum atomic E-state index is 13.2. The Balaban J connectivity index is 1.79. The Morgan fingerprint density at radius 3 is 2.47 bits per heavy atom. The molecule has 2 aliphatic rings. The standard InChI is InChI=1S/C28H33NO5/c1-17(2)19-10-12-20(13-11-19)25-24(26(30)21-7-5-8-22(15-21)34-18(3)4)27(31)28(32)29(25)16-23-9-6-14-33-23/h5,7-8,10-13,15,17-18,23,25,30H,6,9,14,16H2,1-4H3/b26-24-. The van der Waals surface area contributed by atoms with Crippen LogP contribution in [0.5, 0.6) is 5.75 Å². The quantitative estimate of drug-likeness (QED) is 0.347. The van der Waals surface area contributed by atoms with Crippen LogP contribution in [0.1, 0.15) is 69.2 Å². The molecule has 6 heteroatoms. The van der Waals surface area contributed by atoms with Crippen LogP contribution < -0.4 is 4.74 Å². The van der Waals surface area contributed by atoms with E-state index in [0.29, 0.717) is 30.4 Å². The van der Waals surface area contributed by atoms with Gasteiger partial charge in [0, 0.05) is 18.7 Å². The zero-order valence-electron chi connectivity index (χ0n) is 20.3. The maximum Gasteiger partial charge on any atom is 0.295 e. The highest BCUT2D eigenvalue weighted by Crippen LogP contribution is 2.40. The van der Waals surface area contributed by atoms with E-state index in [-0.39, 0.29) is 23.5 Å². The highest BCUT2D eigenvalue weighted by Gasteiger charge is 2.47. The molecule has 2 heterocycles. The number of Topliss-reactive ketones (excluding diaryl/α,β-unsaturated/α-hetero) is 1. The minimum atomic E-state index is -0.680. The molecule has 2 atom stereocenters. The minimum Gasteiger partial charge on any atom is -0.507 e. The molecule has 4 rings (SSSR count). The monoisotopic (exact) mass is 463 g/mol. The molecule has 1 N–H and O–H groups in total. The zero-order valence-corrected chi connectivity index (χ0v) is 20.3. The van der Waals surface area contributed by atoms with Crippen molar-refractivity contribution in [3.63, 3.8) is 0 Å². The van der Waals surface area contributed by atoms with Crippen LogP contribution in [-0.4, -0.2) is 47.1 Å². The Labute approximate surface area is 201 Å². The van der Waals surface area contributed by atoms with Crippen molar-refractivity contribution in [3.05, 3.63) is 70.8 Å². The van der Waals surface area contributed by atoms with E-state index in [0.717, 1.165) is 18.4 Å². The molecular weight excluding hydrogens is 430 g/mol. The highest BCUT2D eigenvalue weighted by atomic mass is 16.5. The number of ether oxygens (including phenoxy) is 2. The largest absolute Gasteiger partial charge is 0.507 e. The van der Waals surface area contributed by atoms with Crippen molar-refractivity contribution >= 4 is 17.4 Å². The molecule has 0 saturated carbocycles. The summed E-state index contributed by atoms with van der Waals surface area (Å²) in [5.41, 5.74) is 2.50. The number of carbonyl (C=O) groups is 2. The van der Waals surface area contributed by atoms with E-state index >= 15 is 0 Å². The summed E-state index contributed by atoms with van der Waals surface area (Å²) in [6, 6.07) is 14.2. The molecule has 2 unspecified atom stereocenters. The average Bonchev–Trinajstić information content (AvgIpc) is 3.41. The maximum absolute atomic E-state index is 13.2. The summed E-state index contributed by atoms with van der Waals surface area (Å²) in [7, 11) is 0. The van der Waals surface area contributed by atoms with Gasteiger partial charge in [-0.05, 0) is 55.9 Å². The lowest BCUT2D eigenvalue weighted by atomic mass is 9.93. The smallest absolute Gasteiger partial charge is 0.295 e. The third kappa shape index (κ3) is 4.87. The van der Waals surface area contributed by atoms with E-state index < -0.39 is 17.7 Å². The molecule has 2 aromatic rings. The summed E-state index contributed by atoms with van der Waals surface area (Å²) in [4.78, 5) is 28.0. The summed E-state index contributed by atoms with van der Waals surface area (Å²) in [5, 5.41) is 11.3. The van der Waals surface area contributed by atoms with E-state index in [9.17, 15) is 14.7 Å². The predicted octanol–water partition coefficient (Wildman–Crippen LogP) is 5.20. The van der Waals surface area contributed by atoms with E-state index in [2.05, 4.69) is 13.8 Å². The number of rotatable bonds is 7. The number of benzene rings is 2. The van der Waals surface area contributed by atoms with E-state index in [4.69, 9.17) is 9.47 Å². The number of hydrogen-bond donors (Lipinski definition) is 1. The van der Waals surface area contributed by atoms with Crippen LogP contribution in [0.15, 0.2) is 54.1 Å². The second-order valence-electron chi connectivity index (χ2n) is 9.60. The van der Waals surface area contributed by atoms with E-state index in [1.165, 1.54) is 5.56 Å². The Bertz CT molecular complexity index is 1080. The molecule has 6 nitrogen and oxygen atoms in total. The molecule has 1 amide bonds. The van der Waals surface area contributed by atoms with Gasteiger partial charge in [-0.1, -0.05) is 50.2 Å². The number of carbonyl (C=O) groups excluding carboxylic acids is 2. The predicted molar refractivity (Wildman–Crippen MR) is 131 cm³/mol. The van der Waals surface area contributed by atoms with Crippen LogP contribution in [0.2, 0.25) is 0 Å². The van der Waals surface area contributed by atoms with Crippen LogP contribution >= 0.6 is 0 Å². The summed E-state index contributed by atoms with van der Waals surface area (Å²) in [6.07, 6.45) is 1.63. The van der Waals surface area contributed by atoms with Crippen LogP contribution in [0.25, 0.3) is 5.76 Å². The van der Waals surface area contributed by atoms with Crippen LogP contribution in [0.4, 0.5) is 0 Å². The third-order valence-corrected chi connectivity index (χ3v) is 6.36. The van der Waals surface area contributed by atoms with E-state index in [1.807, 2.05) is 38.1 Å². The summed E-state index contributed by atoms with van der Waals surface area (Å²) < 4.78 is 11.5. The lowest BCUT2D eigenvalue weighted by molar-refractivity contribution is -0.140. The van der Waals surface area contributed by atoms with Crippen molar-refractivity contribution in [2.75, 3.05) is 13.2 Å². The summed E-state index contributed by atoms with van der Waals surface area (Å²) in [6.45, 7) is 9.04. The Morgan fingerprint density at radius 2 is 1.85 bits per heavy atom. The summed E-state index contributed by atoms with van der Waals surface area (Å²) >= 11 is 0. The normalized spacial score (nSPS) is 22.2. The van der Waals surface area contributed by atoms with Gasteiger partial charge in [-0.2, -0.15) is 0 Å². The molecular formula is C28H33NO5. The van der Waals surface area contributed by atoms with Crippen molar-refractivity contribution in [1.29, 1.82) is 0 Å². The molecule has 34 heavy (non-hydrogen) atoms. The first-order valence-corrected chi connectivity index (χ1v) is 12.0. The molecule has 0 radical (unpaired) electrons. The molecule has 180 valence electrons. The van der Waals surface area contributed by atoms with Crippen LogP contribution in [0.3, 0.4) is 0 Å². The number of aliphatic hydroxyl groups excluding tert-OH is 1. The third-order valence-electron chi connectivity index (χ3n) is 6.36. The first kappa shape index (κ1) is 24.0. The van der Waals surface area contributed by atoms with Gasteiger partial charge in [-0.25, -0.2) is 0 Å². The molecule has 2 aliphatic heterocycles. The highest BCUT2D eigenvalue weighted by molar-refractivity contribution is 6.46. The van der Waals surface area contributed by atoms with Crippen LogP contribution in [-0.2, 0) is 14.3 Å². The Morgan fingerprint density at radius 1 is 1.12 bits per heavy atom. The number of aliphatic hydroxyl groups is 1. The van der Waals surface area contributed by atoms with Gasteiger partial charge in [0.15, 0.2) is 0 Å². The van der Waals surface area contributed by atoms with Gasteiger partial charge >= 0.3 is 0 Å².